The van der Waals surface area contributed by atoms with Crippen molar-refractivity contribution in [3.05, 3.63) is 83.0 Å². The fraction of sp³-hybridized carbons (Fsp3) is 0.500. The predicted octanol–water partition coefficient (Wildman–Crippen LogP) is 7.26. The number of nitrogens with zero attached hydrogens (tertiary/aromatic N) is 5. The number of nitrogens with one attached hydrogen (secondary N) is 2. The van der Waals surface area contributed by atoms with Crippen LogP contribution in [0.4, 0.5) is 16.4 Å². The van der Waals surface area contributed by atoms with Crippen molar-refractivity contribution < 1.29 is 14.3 Å². The number of hydrogen-bond donors (Lipinski definition) is 2. The number of likely N-dealkylation sites (N-methyl/N-ethyl adjacent to an activating group) is 1. The van der Waals surface area contributed by atoms with E-state index in [1.807, 2.05) is 50.6 Å². The van der Waals surface area contributed by atoms with Crippen LogP contribution in [0.5, 0.6) is 5.75 Å². The molecule has 1 unspecified atom stereocenters. The molecule has 3 heterocycles. The highest BCUT2D eigenvalue weighted by molar-refractivity contribution is 5.89. The van der Waals surface area contributed by atoms with Crippen LogP contribution < -0.4 is 20.3 Å². The molecule has 48 heavy (non-hydrogen) atoms. The summed E-state index contributed by atoms with van der Waals surface area (Å²) in [7, 11) is 4.07. The topological polar surface area (TPSA) is 96.3 Å². The van der Waals surface area contributed by atoms with E-state index in [-0.39, 0.29) is 23.6 Å². The summed E-state index contributed by atoms with van der Waals surface area (Å²) in [5.41, 5.74) is 5.87. The second-order valence-corrected chi connectivity index (χ2v) is 14.6. The summed E-state index contributed by atoms with van der Waals surface area (Å²) in [6.45, 7) is 11.8. The molecule has 3 atom stereocenters. The molecule has 0 saturated carbocycles. The van der Waals surface area contributed by atoms with Crippen molar-refractivity contribution in [1.82, 2.24) is 24.8 Å². The molecule has 10 heteroatoms. The Kier molecular flexibility index (Phi) is 10.2. The molecule has 2 N–H and O–H groups in total. The van der Waals surface area contributed by atoms with Crippen LogP contribution >= 0.6 is 0 Å². The first-order valence-corrected chi connectivity index (χ1v) is 17.4. The number of hydrogen-bond acceptors (Lipinski definition) is 7. The van der Waals surface area contributed by atoms with E-state index >= 15 is 0 Å². The second kappa shape index (κ2) is 14.5. The number of carbonyl (C=O) groups excluding carboxylic acids is 1. The fourth-order valence-corrected chi connectivity index (χ4v) is 6.75. The molecular formula is C38H51N7O3. The van der Waals surface area contributed by atoms with Gasteiger partial charge >= 0.3 is 6.03 Å². The van der Waals surface area contributed by atoms with Crippen LogP contribution in [0.15, 0.2) is 60.8 Å². The molecule has 2 aliphatic rings. The van der Waals surface area contributed by atoms with Gasteiger partial charge in [-0.25, -0.2) is 4.79 Å². The number of amides is 2. The second-order valence-electron chi connectivity index (χ2n) is 14.6. The SMILES string of the molecule is CC1CCCCN1c1nnc2ccc(O[C@@H]3CC[C@H](NC(=O)Nc4cc(COCCN(C)C)cc(C(C)(C)C)c4)c4ccccc43)cn12. The first-order chi connectivity index (χ1) is 23.0. The number of ether oxygens (including phenoxy) is 2. The van der Waals surface area contributed by atoms with Gasteiger partial charge in [-0.15, -0.1) is 10.2 Å². The van der Waals surface area contributed by atoms with Gasteiger partial charge < -0.3 is 29.9 Å². The third-order valence-corrected chi connectivity index (χ3v) is 9.50. The van der Waals surface area contributed by atoms with Gasteiger partial charge in [-0.3, -0.25) is 4.40 Å². The molecule has 2 amide bonds. The van der Waals surface area contributed by atoms with Gasteiger partial charge in [0.05, 0.1) is 25.5 Å². The highest BCUT2D eigenvalue weighted by Crippen LogP contribution is 2.39. The molecular weight excluding hydrogens is 602 g/mol. The van der Waals surface area contributed by atoms with Crippen LogP contribution in [0.2, 0.25) is 0 Å². The first kappa shape index (κ1) is 33.7. The Bertz CT molecular complexity index is 1710. The van der Waals surface area contributed by atoms with E-state index in [0.29, 0.717) is 19.3 Å². The summed E-state index contributed by atoms with van der Waals surface area (Å²) in [5.74, 6) is 1.65. The summed E-state index contributed by atoms with van der Waals surface area (Å²) < 4.78 is 14.6. The van der Waals surface area contributed by atoms with Crippen LogP contribution in [0, 0.1) is 0 Å². The van der Waals surface area contributed by atoms with E-state index in [1.54, 1.807) is 0 Å². The lowest BCUT2D eigenvalue weighted by Crippen LogP contribution is -2.38. The van der Waals surface area contributed by atoms with E-state index in [4.69, 9.17) is 9.47 Å². The summed E-state index contributed by atoms with van der Waals surface area (Å²) in [6.07, 6.45) is 6.98. The Morgan fingerprint density at radius 2 is 1.81 bits per heavy atom. The molecule has 0 bridgehead atoms. The number of carbonyl (C=O) groups is 1. The Balaban J connectivity index is 1.14. The third kappa shape index (κ3) is 7.93. The van der Waals surface area contributed by atoms with Gasteiger partial charge in [0.15, 0.2) is 5.65 Å². The van der Waals surface area contributed by atoms with Crippen LogP contribution in [-0.4, -0.2) is 65.4 Å². The monoisotopic (exact) mass is 653 g/mol. The largest absolute Gasteiger partial charge is 0.484 e. The number of pyridine rings is 1. The number of urea groups is 1. The minimum Gasteiger partial charge on any atom is -0.484 e. The van der Waals surface area contributed by atoms with Crippen molar-refractivity contribution in [2.75, 3.05) is 44.0 Å². The lowest BCUT2D eigenvalue weighted by atomic mass is 9.85. The van der Waals surface area contributed by atoms with Crippen molar-refractivity contribution in [2.24, 2.45) is 0 Å². The maximum atomic E-state index is 13.4. The van der Waals surface area contributed by atoms with Gasteiger partial charge in [-0.2, -0.15) is 0 Å². The smallest absolute Gasteiger partial charge is 0.319 e. The Morgan fingerprint density at radius 3 is 2.58 bits per heavy atom. The Morgan fingerprint density at radius 1 is 1.00 bits per heavy atom. The molecule has 2 aromatic heterocycles. The highest BCUT2D eigenvalue weighted by Gasteiger charge is 2.30. The molecule has 6 rings (SSSR count). The molecule has 10 nitrogen and oxygen atoms in total. The van der Waals surface area contributed by atoms with E-state index in [0.717, 1.165) is 84.1 Å². The maximum absolute atomic E-state index is 13.4. The minimum atomic E-state index is -0.225. The van der Waals surface area contributed by atoms with E-state index in [1.165, 1.54) is 6.42 Å². The highest BCUT2D eigenvalue weighted by atomic mass is 16.5. The molecule has 4 aromatic rings. The zero-order valence-electron chi connectivity index (χ0n) is 29.3. The fourth-order valence-electron chi connectivity index (χ4n) is 6.75. The van der Waals surface area contributed by atoms with Crippen molar-refractivity contribution >= 4 is 23.3 Å². The number of anilines is 2. The van der Waals surface area contributed by atoms with Crippen LogP contribution in [0.25, 0.3) is 5.65 Å². The zero-order valence-corrected chi connectivity index (χ0v) is 29.3. The molecule has 1 saturated heterocycles. The standard InChI is InChI=1S/C38H51N7O3/c1-26-11-9-10-18-44(26)37-42-41-35-17-14-30(24-45(35)37)48-34-16-15-33(31-12-7-8-13-32(31)34)40-36(46)39-29-22-27(25-47-20-19-43(5)6)21-28(23-29)38(2,3)4/h7-8,12-14,17,21-24,26,33-34H,9-11,15-16,18-20,25H2,1-6H3,(H2,39,40,46)/t26?,33-,34+/m0/s1. The minimum absolute atomic E-state index is 0.0731. The summed E-state index contributed by atoms with van der Waals surface area (Å²) >= 11 is 0. The van der Waals surface area contributed by atoms with Crippen LogP contribution in [0.3, 0.4) is 0 Å². The zero-order chi connectivity index (χ0) is 33.8. The van der Waals surface area contributed by atoms with E-state index in [9.17, 15) is 4.79 Å². The van der Waals surface area contributed by atoms with E-state index in [2.05, 4.69) is 87.0 Å². The molecule has 256 valence electrons. The molecule has 1 fully saturated rings. The Labute approximate surface area is 284 Å². The lowest BCUT2D eigenvalue weighted by molar-refractivity contribution is 0.105. The van der Waals surface area contributed by atoms with Gasteiger partial charge in [-0.05, 0) is 105 Å². The molecule has 0 spiro atoms. The quantitative estimate of drug-likeness (QED) is 0.174. The van der Waals surface area contributed by atoms with Gasteiger partial charge in [-0.1, -0.05) is 51.1 Å². The maximum Gasteiger partial charge on any atom is 0.319 e. The molecule has 0 radical (unpaired) electrons. The van der Waals surface area contributed by atoms with Gasteiger partial charge in [0.1, 0.15) is 11.9 Å². The average molecular weight is 654 g/mol. The van der Waals surface area contributed by atoms with Crippen molar-refractivity contribution in [1.29, 1.82) is 0 Å². The number of rotatable bonds is 10. The van der Waals surface area contributed by atoms with Gasteiger partial charge in [0.2, 0.25) is 5.95 Å². The average Bonchev–Trinajstić information content (AvgIpc) is 3.47. The summed E-state index contributed by atoms with van der Waals surface area (Å²) in [6, 6.07) is 18.5. The van der Waals surface area contributed by atoms with Crippen LogP contribution in [-0.2, 0) is 16.8 Å². The third-order valence-electron chi connectivity index (χ3n) is 9.50. The van der Waals surface area contributed by atoms with Gasteiger partial charge in [0.25, 0.3) is 0 Å². The lowest BCUT2D eigenvalue weighted by Gasteiger charge is -2.33. The van der Waals surface area contributed by atoms with Gasteiger partial charge in [0, 0.05) is 24.8 Å². The predicted molar refractivity (Wildman–Crippen MR) is 191 cm³/mol. The first-order valence-electron chi connectivity index (χ1n) is 17.4. The number of piperidine rings is 1. The summed E-state index contributed by atoms with van der Waals surface area (Å²) in [5, 5.41) is 15.3. The molecule has 2 aromatic carbocycles. The van der Waals surface area contributed by atoms with Crippen LogP contribution in [0.1, 0.15) is 94.2 Å². The van der Waals surface area contributed by atoms with Crippen molar-refractivity contribution in [3.8, 4) is 5.75 Å². The van der Waals surface area contributed by atoms with Crippen molar-refractivity contribution in [3.63, 3.8) is 0 Å². The number of benzene rings is 2. The Hall–Kier alpha value is -4.15. The van der Waals surface area contributed by atoms with E-state index < -0.39 is 0 Å². The van der Waals surface area contributed by atoms with Crippen molar-refractivity contribution in [2.45, 2.75) is 90.0 Å². The molecule has 1 aliphatic heterocycles. The summed E-state index contributed by atoms with van der Waals surface area (Å²) in [4.78, 5) is 17.9. The molecule has 1 aliphatic carbocycles. The number of fused-ring (bicyclic) bond motifs is 2. The number of aromatic nitrogens is 3. The normalized spacial score (nSPS) is 19.7.